The lowest BCUT2D eigenvalue weighted by atomic mass is 9.46. The van der Waals surface area contributed by atoms with E-state index in [0.29, 0.717) is 18.5 Å². The van der Waals surface area contributed by atoms with Crippen molar-refractivity contribution < 1.29 is 24.2 Å². The number of hydrogen-bond acceptors (Lipinski definition) is 5. The van der Waals surface area contributed by atoms with Gasteiger partial charge in [-0.05, 0) is 49.1 Å². The van der Waals surface area contributed by atoms with E-state index >= 15 is 0 Å². The number of esters is 1. The van der Waals surface area contributed by atoms with Gasteiger partial charge in [0.25, 0.3) is 0 Å². The van der Waals surface area contributed by atoms with Crippen LogP contribution in [0.15, 0.2) is 30.3 Å². The SMILES string of the molecule is C[C@]1(CO)[C@@H]2CC[C@@H]3OC(=O)C[C@H]3[C@]2(C)CC[C@H]1OC(=O)Nc1ccccc1. The Hall–Kier alpha value is -2.08. The second-order valence-electron chi connectivity index (χ2n) is 9.06. The van der Waals surface area contributed by atoms with Crippen molar-refractivity contribution in [1.29, 1.82) is 0 Å². The summed E-state index contributed by atoms with van der Waals surface area (Å²) in [5, 5.41) is 13.1. The normalized spacial score (nSPS) is 39.5. The molecular formula is C22H29NO5. The molecule has 1 heterocycles. The van der Waals surface area contributed by atoms with Crippen LogP contribution in [0.2, 0.25) is 0 Å². The van der Waals surface area contributed by atoms with Crippen molar-refractivity contribution in [3.63, 3.8) is 0 Å². The van der Waals surface area contributed by atoms with Gasteiger partial charge in [-0.1, -0.05) is 32.0 Å². The van der Waals surface area contributed by atoms with Crippen molar-refractivity contribution in [2.75, 3.05) is 11.9 Å². The summed E-state index contributed by atoms with van der Waals surface area (Å²) >= 11 is 0. The zero-order valence-corrected chi connectivity index (χ0v) is 16.5. The van der Waals surface area contributed by atoms with Gasteiger partial charge < -0.3 is 14.6 Å². The summed E-state index contributed by atoms with van der Waals surface area (Å²) in [6.07, 6.45) is 2.80. The van der Waals surface area contributed by atoms with Crippen molar-refractivity contribution in [3.05, 3.63) is 30.3 Å². The number of aliphatic hydroxyl groups excluding tert-OH is 1. The lowest BCUT2D eigenvalue weighted by molar-refractivity contribution is -0.174. The molecular weight excluding hydrogens is 358 g/mol. The predicted molar refractivity (Wildman–Crippen MR) is 104 cm³/mol. The molecule has 2 aliphatic carbocycles. The van der Waals surface area contributed by atoms with Crippen LogP contribution in [0.1, 0.15) is 46.0 Å². The zero-order valence-electron chi connectivity index (χ0n) is 16.5. The Bertz CT molecular complexity index is 753. The van der Waals surface area contributed by atoms with E-state index in [9.17, 15) is 14.7 Å². The Labute approximate surface area is 165 Å². The molecule has 0 aromatic heterocycles. The monoisotopic (exact) mass is 387 g/mol. The quantitative estimate of drug-likeness (QED) is 0.772. The molecule has 0 unspecified atom stereocenters. The van der Waals surface area contributed by atoms with Crippen LogP contribution < -0.4 is 5.32 Å². The summed E-state index contributed by atoms with van der Waals surface area (Å²) in [6, 6.07) is 9.20. The topological polar surface area (TPSA) is 84.9 Å². The molecule has 3 fully saturated rings. The Balaban J connectivity index is 1.52. The molecule has 2 N–H and O–H groups in total. The number of anilines is 1. The maximum atomic E-state index is 12.5. The van der Waals surface area contributed by atoms with E-state index in [0.717, 1.165) is 19.3 Å². The number of carbonyl (C=O) groups is 2. The summed E-state index contributed by atoms with van der Waals surface area (Å²) in [5.74, 6) is 0.246. The van der Waals surface area contributed by atoms with Crippen LogP contribution in [0.3, 0.4) is 0 Å². The van der Waals surface area contributed by atoms with E-state index in [1.165, 1.54) is 0 Å². The summed E-state index contributed by atoms with van der Waals surface area (Å²) in [4.78, 5) is 24.4. The van der Waals surface area contributed by atoms with E-state index in [1.54, 1.807) is 0 Å². The first-order valence-electron chi connectivity index (χ1n) is 10.2. The number of rotatable bonds is 3. The van der Waals surface area contributed by atoms with Gasteiger partial charge in [-0.2, -0.15) is 0 Å². The lowest BCUT2D eigenvalue weighted by Gasteiger charge is -2.59. The van der Waals surface area contributed by atoms with Crippen LogP contribution in [0.4, 0.5) is 10.5 Å². The number of carbonyl (C=O) groups excluding carboxylic acids is 2. The number of benzene rings is 1. The van der Waals surface area contributed by atoms with Crippen LogP contribution in [-0.2, 0) is 14.3 Å². The van der Waals surface area contributed by atoms with E-state index < -0.39 is 11.5 Å². The van der Waals surface area contributed by atoms with E-state index in [-0.39, 0.29) is 42.0 Å². The van der Waals surface area contributed by atoms with Gasteiger partial charge in [-0.25, -0.2) is 4.79 Å². The highest BCUT2D eigenvalue weighted by Gasteiger charge is 2.62. The average Bonchev–Trinajstić information content (AvgIpc) is 3.07. The van der Waals surface area contributed by atoms with Gasteiger partial charge in [0.05, 0.1) is 13.0 Å². The molecule has 2 saturated carbocycles. The molecule has 152 valence electrons. The minimum absolute atomic E-state index is 0.00413. The molecule has 28 heavy (non-hydrogen) atoms. The first-order chi connectivity index (χ1) is 13.4. The van der Waals surface area contributed by atoms with Crippen molar-refractivity contribution in [2.24, 2.45) is 22.7 Å². The molecule has 6 nitrogen and oxygen atoms in total. The van der Waals surface area contributed by atoms with Crippen LogP contribution in [0.25, 0.3) is 0 Å². The third-order valence-electron chi connectivity index (χ3n) is 7.59. The fourth-order valence-electron chi connectivity index (χ4n) is 6.09. The number of nitrogens with one attached hydrogen (secondary N) is 1. The lowest BCUT2D eigenvalue weighted by Crippen LogP contribution is -2.59. The van der Waals surface area contributed by atoms with Gasteiger partial charge in [0.2, 0.25) is 0 Å². The predicted octanol–water partition coefficient (Wildman–Crippen LogP) is 3.74. The van der Waals surface area contributed by atoms with Gasteiger partial charge >= 0.3 is 12.1 Å². The van der Waals surface area contributed by atoms with Crippen LogP contribution in [-0.4, -0.2) is 36.0 Å². The molecule has 6 heteroatoms. The first kappa shape index (κ1) is 19.2. The molecule has 1 aromatic rings. The first-order valence-corrected chi connectivity index (χ1v) is 10.2. The minimum atomic E-state index is -0.544. The van der Waals surface area contributed by atoms with Gasteiger partial charge in [0.15, 0.2) is 0 Å². The van der Waals surface area contributed by atoms with E-state index in [4.69, 9.17) is 9.47 Å². The third kappa shape index (κ3) is 3.08. The molecule has 1 amide bonds. The average molecular weight is 387 g/mol. The number of fused-ring (bicyclic) bond motifs is 3. The Morgan fingerprint density at radius 3 is 2.71 bits per heavy atom. The summed E-state index contributed by atoms with van der Waals surface area (Å²) < 4.78 is 11.4. The molecule has 1 aliphatic heterocycles. The van der Waals surface area contributed by atoms with Gasteiger partial charge in [-0.15, -0.1) is 0 Å². The maximum Gasteiger partial charge on any atom is 0.411 e. The summed E-state index contributed by atoms with van der Waals surface area (Å²) in [7, 11) is 0. The van der Waals surface area contributed by atoms with Crippen LogP contribution in [0.5, 0.6) is 0 Å². The molecule has 3 aliphatic rings. The third-order valence-corrected chi connectivity index (χ3v) is 7.59. The molecule has 1 saturated heterocycles. The van der Waals surface area contributed by atoms with E-state index in [1.807, 2.05) is 37.3 Å². The Morgan fingerprint density at radius 1 is 1.25 bits per heavy atom. The number of hydrogen-bond donors (Lipinski definition) is 2. The highest BCUT2D eigenvalue weighted by atomic mass is 16.6. The largest absolute Gasteiger partial charge is 0.462 e. The Morgan fingerprint density at radius 2 is 2.00 bits per heavy atom. The van der Waals surface area contributed by atoms with Crippen molar-refractivity contribution in [1.82, 2.24) is 0 Å². The number of amides is 1. The molecule has 0 spiro atoms. The van der Waals surface area contributed by atoms with Crippen molar-refractivity contribution in [2.45, 2.75) is 58.2 Å². The molecule has 0 bridgehead atoms. The van der Waals surface area contributed by atoms with Gasteiger partial charge in [0.1, 0.15) is 12.2 Å². The number of aliphatic hydroxyl groups is 1. The van der Waals surface area contributed by atoms with Crippen LogP contribution >= 0.6 is 0 Å². The highest BCUT2D eigenvalue weighted by molar-refractivity contribution is 5.84. The Kier molecular flexibility index (Phi) is 4.86. The second-order valence-corrected chi connectivity index (χ2v) is 9.06. The highest BCUT2D eigenvalue weighted by Crippen LogP contribution is 2.62. The number of ether oxygens (including phenoxy) is 2. The fourth-order valence-corrected chi connectivity index (χ4v) is 6.09. The standard InChI is InChI=1S/C22H29NO5/c1-21-11-10-18(28-20(26)23-14-6-4-3-5-7-14)22(2,13-24)17(21)9-8-16-15(21)12-19(25)27-16/h3-7,15-18,24H,8-13H2,1-2H3,(H,23,26)/t15-,16+,17-,18-,21+,22+/m1/s1. The van der Waals surface area contributed by atoms with Crippen molar-refractivity contribution >= 4 is 17.7 Å². The fraction of sp³-hybridized carbons (Fsp3) is 0.636. The smallest absolute Gasteiger partial charge is 0.411 e. The maximum absolute atomic E-state index is 12.5. The molecule has 6 atom stereocenters. The summed E-state index contributed by atoms with van der Waals surface area (Å²) in [6.45, 7) is 4.20. The zero-order chi connectivity index (χ0) is 19.9. The summed E-state index contributed by atoms with van der Waals surface area (Å²) in [5.41, 5.74) is 0.0425. The molecule has 4 rings (SSSR count). The van der Waals surface area contributed by atoms with Crippen molar-refractivity contribution in [3.8, 4) is 0 Å². The van der Waals surface area contributed by atoms with Gasteiger partial charge in [-0.3, -0.25) is 10.1 Å². The molecule has 1 aromatic carbocycles. The molecule has 0 radical (unpaired) electrons. The van der Waals surface area contributed by atoms with E-state index in [2.05, 4.69) is 12.2 Å². The second kappa shape index (κ2) is 7.07. The van der Waals surface area contributed by atoms with Crippen LogP contribution in [0, 0.1) is 22.7 Å². The van der Waals surface area contributed by atoms with Gasteiger partial charge in [0, 0.05) is 17.0 Å². The number of para-hydroxylation sites is 1. The minimum Gasteiger partial charge on any atom is -0.462 e.